The van der Waals surface area contributed by atoms with Crippen molar-refractivity contribution < 1.29 is 0 Å². The highest BCUT2D eigenvalue weighted by Crippen LogP contribution is 2.12. The van der Waals surface area contributed by atoms with Crippen molar-refractivity contribution >= 4 is 0 Å². The summed E-state index contributed by atoms with van der Waals surface area (Å²) < 4.78 is 1.90. The molecule has 1 heterocycles. The van der Waals surface area contributed by atoms with Crippen molar-refractivity contribution in [2.45, 2.75) is 53.8 Å². The van der Waals surface area contributed by atoms with Gasteiger partial charge < -0.3 is 5.32 Å². The molecule has 5 nitrogen and oxygen atoms in total. The van der Waals surface area contributed by atoms with Crippen LogP contribution in [-0.4, -0.2) is 26.2 Å². The van der Waals surface area contributed by atoms with Crippen LogP contribution < -0.4 is 5.32 Å². The third-order valence-electron chi connectivity index (χ3n) is 2.87. The molecule has 1 atom stereocenters. The van der Waals surface area contributed by atoms with Crippen LogP contribution in [0.3, 0.4) is 0 Å². The second-order valence-corrected chi connectivity index (χ2v) is 5.03. The molecule has 0 aliphatic carbocycles. The topological polar surface area (TPSA) is 55.6 Å². The molecule has 0 bridgehead atoms. The van der Waals surface area contributed by atoms with Crippen molar-refractivity contribution in [1.29, 1.82) is 0 Å². The fourth-order valence-corrected chi connectivity index (χ4v) is 1.27. The molecule has 0 aromatic carbocycles. The van der Waals surface area contributed by atoms with Crippen LogP contribution in [0.25, 0.3) is 0 Å². The van der Waals surface area contributed by atoms with Crippen molar-refractivity contribution in [3.05, 3.63) is 5.82 Å². The van der Waals surface area contributed by atoms with E-state index in [2.05, 4.69) is 55.5 Å². The molecule has 1 unspecified atom stereocenters. The first-order valence-corrected chi connectivity index (χ1v) is 5.99. The maximum Gasteiger partial charge on any atom is 0.165 e. The van der Waals surface area contributed by atoms with Crippen LogP contribution in [0.1, 0.15) is 40.4 Å². The van der Waals surface area contributed by atoms with E-state index in [-0.39, 0.29) is 0 Å². The molecule has 1 rings (SSSR count). The molecule has 0 radical (unpaired) electrons. The Balaban J connectivity index is 2.56. The molecule has 92 valence electrons. The van der Waals surface area contributed by atoms with E-state index in [1.54, 1.807) is 0 Å². The summed E-state index contributed by atoms with van der Waals surface area (Å²) in [6.45, 7) is 12.5. The molecular formula is C11H23N5. The predicted octanol–water partition coefficient (Wildman–Crippen LogP) is 1.46. The van der Waals surface area contributed by atoms with Gasteiger partial charge in [0.15, 0.2) is 5.82 Å². The Morgan fingerprint density at radius 1 is 1.19 bits per heavy atom. The lowest BCUT2D eigenvalue weighted by Gasteiger charge is -2.16. The maximum absolute atomic E-state index is 4.04. The van der Waals surface area contributed by atoms with E-state index in [4.69, 9.17) is 0 Å². The second-order valence-electron chi connectivity index (χ2n) is 5.03. The lowest BCUT2D eigenvalue weighted by atomic mass is 9.98. The van der Waals surface area contributed by atoms with Gasteiger partial charge in [0.2, 0.25) is 0 Å². The third-order valence-corrected chi connectivity index (χ3v) is 2.87. The molecule has 0 fully saturated rings. The molecule has 0 spiro atoms. The summed E-state index contributed by atoms with van der Waals surface area (Å²) in [5.41, 5.74) is 0. The van der Waals surface area contributed by atoms with Crippen LogP contribution in [0.15, 0.2) is 0 Å². The van der Waals surface area contributed by atoms with E-state index in [1.807, 2.05) is 4.68 Å². The van der Waals surface area contributed by atoms with Gasteiger partial charge in [-0.1, -0.05) is 34.6 Å². The van der Waals surface area contributed by atoms with Crippen molar-refractivity contribution in [3.8, 4) is 0 Å². The molecule has 16 heavy (non-hydrogen) atoms. The quantitative estimate of drug-likeness (QED) is 0.796. The number of tetrazole rings is 1. The van der Waals surface area contributed by atoms with Crippen LogP contribution in [-0.2, 0) is 13.1 Å². The lowest BCUT2D eigenvalue weighted by Crippen LogP contribution is -2.25. The van der Waals surface area contributed by atoms with Crippen molar-refractivity contribution in [3.63, 3.8) is 0 Å². The van der Waals surface area contributed by atoms with Crippen molar-refractivity contribution in [1.82, 2.24) is 25.5 Å². The number of hydrogen-bond acceptors (Lipinski definition) is 4. The molecule has 0 aliphatic heterocycles. The normalized spacial score (nSPS) is 13.7. The van der Waals surface area contributed by atoms with Gasteiger partial charge in [0, 0.05) is 12.6 Å². The molecule has 1 aromatic heterocycles. The summed E-state index contributed by atoms with van der Waals surface area (Å²) in [5, 5.41) is 15.1. The Kier molecular flexibility index (Phi) is 4.86. The highest BCUT2D eigenvalue weighted by molar-refractivity contribution is 4.81. The molecule has 0 amide bonds. The number of hydrogen-bond donors (Lipinski definition) is 1. The third kappa shape index (κ3) is 3.89. The van der Waals surface area contributed by atoms with E-state index in [1.165, 1.54) is 0 Å². The fourth-order valence-electron chi connectivity index (χ4n) is 1.27. The SMILES string of the molecule is CC(C)NCc1nnnn1CC(C)C(C)C. The van der Waals surface area contributed by atoms with E-state index in [9.17, 15) is 0 Å². The van der Waals surface area contributed by atoms with Gasteiger partial charge in [-0.2, -0.15) is 0 Å². The average molecular weight is 225 g/mol. The number of nitrogens with zero attached hydrogens (tertiary/aromatic N) is 4. The minimum absolute atomic E-state index is 0.452. The molecular weight excluding hydrogens is 202 g/mol. The van der Waals surface area contributed by atoms with Crippen LogP contribution >= 0.6 is 0 Å². The minimum Gasteiger partial charge on any atom is -0.308 e. The lowest BCUT2D eigenvalue weighted by molar-refractivity contribution is 0.337. The molecule has 5 heteroatoms. The summed E-state index contributed by atoms with van der Waals surface area (Å²) in [6.07, 6.45) is 0. The van der Waals surface area contributed by atoms with E-state index in [0.717, 1.165) is 18.9 Å². The Morgan fingerprint density at radius 3 is 2.44 bits per heavy atom. The van der Waals surface area contributed by atoms with Gasteiger partial charge >= 0.3 is 0 Å². The summed E-state index contributed by atoms with van der Waals surface area (Å²) >= 11 is 0. The zero-order valence-corrected chi connectivity index (χ0v) is 10.9. The van der Waals surface area contributed by atoms with Gasteiger partial charge in [-0.3, -0.25) is 0 Å². The van der Waals surface area contributed by atoms with E-state index >= 15 is 0 Å². The predicted molar refractivity (Wildman–Crippen MR) is 63.8 cm³/mol. The monoisotopic (exact) mass is 225 g/mol. The summed E-state index contributed by atoms with van der Waals surface area (Å²) in [7, 11) is 0. The van der Waals surface area contributed by atoms with Crippen LogP contribution in [0, 0.1) is 11.8 Å². The first kappa shape index (κ1) is 13.1. The fraction of sp³-hybridized carbons (Fsp3) is 0.909. The van der Waals surface area contributed by atoms with Gasteiger partial charge in [-0.05, 0) is 22.3 Å². The van der Waals surface area contributed by atoms with E-state index < -0.39 is 0 Å². The molecule has 0 aliphatic rings. The van der Waals surface area contributed by atoms with E-state index in [0.29, 0.717) is 17.9 Å². The summed E-state index contributed by atoms with van der Waals surface area (Å²) in [6, 6.07) is 0.452. The Morgan fingerprint density at radius 2 is 1.88 bits per heavy atom. The summed E-state index contributed by atoms with van der Waals surface area (Å²) in [4.78, 5) is 0. The molecule has 0 saturated heterocycles. The minimum atomic E-state index is 0.452. The largest absolute Gasteiger partial charge is 0.308 e. The first-order chi connectivity index (χ1) is 7.50. The van der Waals surface area contributed by atoms with Crippen LogP contribution in [0.4, 0.5) is 0 Å². The van der Waals surface area contributed by atoms with Gasteiger partial charge in [0.05, 0.1) is 6.54 Å². The highest BCUT2D eigenvalue weighted by Gasteiger charge is 2.12. The number of aromatic nitrogens is 4. The summed E-state index contributed by atoms with van der Waals surface area (Å²) in [5.74, 6) is 2.15. The second kappa shape index (κ2) is 5.94. The Labute approximate surface area is 97.6 Å². The van der Waals surface area contributed by atoms with Gasteiger partial charge in [0.25, 0.3) is 0 Å². The average Bonchev–Trinajstić information content (AvgIpc) is 2.62. The zero-order chi connectivity index (χ0) is 12.1. The Bertz CT molecular complexity index is 305. The van der Waals surface area contributed by atoms with Gasteiger partial charge in [-0.15, -0.1) is 5.10 Å². The standard InChI is InChI=1S/C11H23N5/c1-8(2)10(5)7-16-11(13-14-15-16)6-12-9(3)4/h8-10,12H,6-7H2,1-5H3. The van der Waals surface area contributed by atoms with Gasteiger partial charge in [0.1, 0.15) is 0 Å². The molecule has 1 aromatic rings. The Hall–Kier alpha value is -0.970. The van der Waals surface area contributed by atoms with Crippen LogP contribution in [0.5, 0.6) is 0 Å². The number of rotatable bonds is 6. The van der Waals surface area contributed by atoms with Crippen LogP contribution in [0.2, 0.25) is 0 Å². The number of nitrogens with one attached hydrogen (secondary N) is 1. The molecule has 1 N–H and O–H groups in total. The van der Waals surface area contributed by atoms with Crippen molar-refractivity contribution in [2.75, 3.05) is 0 Å². The zero-order valence-electron chi connectivity index (χ0n) is 10.9. The molecule has 0 saturated carbocycles. The van der Waals surface area contributed by atoms with Gasteiger partial charge in [-0.25, -0.2) is 4.68 Å². The van der Waals surface area contributed by atoms with Crippen molar-refractivity contribution in [2.24, 2.45) is 11.8 Å². The smallest absolute Gasteiger partial charge is 0.165 e. The first-order valence-electron chi connectivity index (χ1n) is 5.99. The highest BCUT2D eigenvalue weighted by atomic mass is 15.5. The maximum atomic E-state index is 4.04.